The number of hydrogen-bond donors (Lipinski definition) is 0. The van der Waals surface area contributed by atoms with Crippen LogP contribution in [0.25, 0.3) is 5.57 Å². The molecule has 0 radical (unpaired) electrons. The van der Waals surface area contributed by atoms with E-state index in [9.17, 15) is 9.59 Å². The third-order valence-corrected chi connectivity index (χ3v) is 4.81. The fourth-order valence-corrected chi connectivity index (χ4v) is 3.52. The summed E-state index contributed by atoms with van der Waals surface area (Å²) in [5.41, 5.74) is 4.72. The van der Waals surface area contributed by atoms with Crippen LogP contribution < -0.4 is 0 Å². The Labute approximate surface area is 179 Å². The van der Waals surface area contributed by atoms with Crippen LogP contribution in [0, 0.1) is 0 Å². The van der Waals surface area contributed by atoms with Crippen molar-refractivity contribution in [2.45, 2.75) is 52.4 Å². The predicted molar refractivity (Wildman–Crippen MR) is 120 cm³/mol. The summed E-state index contributed by atoms with van der Waals surface area (Å²) < 4.78 is 10.2. The lowest BCUT2D eigenvalue weighted by atomic mass is 9.88. The van der Waals surface area contributed by atoms with Crippen LogP contribution in [-0.2, 0) is 19.1 Å². The van der Waals surface area contributed by atoms with Gasteiger partial charge in [-0.2, -0.15) is 0 Å². The molecule has 0 aliphatic rings. The third kappa shape index (κ3) is 7.86. The van der Waals surface area contributed by atoms with Crippen molar-refractivity contribution >= 4 is 17.5 Å². The summed E-state index contributed by atoms with van der Waals surface area (Å²) in [6, 6.07) is 20.6. The number of benzene rings is 2. The van der Waals surface area contributed by atoms with E-state index in [1.165, 1.54) is 11.1 Å². The maximum Gasteiger partial charge on any atom is 0.305 e. The molecule has 0 bridgehead atoms. The Morgan fingerprint density at radius 3 is 1.40 bits per heavy atom. The highest BCUT2D eigenvalue weighted by molar-refractivity contribution is 5.82. The summed E-state index contributed by atoms with van der Waals surface area (Å²) in [6.07, 6.45) is 3.78. The van der Waals surface area contributed by atoms with Crippen LogP contribution in [0.3, 0.4) is 0 Å². The van der Waals surface area contributed by atoms with E-state index < -0.39 is 0 Å². The van der Waals surface area contributed by atoms with Gasteiger partial charge in [-0.3, -0.25) is 9.59 Å². The summed E-state index contributed by atoms with van der Waals surface area (Å²) in [6.45, 7) is 4.45. The van der Waals surface area contributed by atoms with Gasteiger partial charge in [0.15, 0.2) is 0 Å². The van der Waals surface area contributed by atoms with Crippen molar-refractivity contribution < 1.29 is 19.1 Å². The topological polar surface area (TPSA) is 52.6 Å². The first kappa shape index (κ1) is 23.4. The van der Waals surface area contributed by atoms with Gasteiger partial charge in [-0.25, -0.2) is 0 Å². The predicted octanol–water partition coefficient (Wildman–Crippen LogP) is 5.96. The van der Waals surface area contributed by atoms with Crippen LogP contribution in [0.4, 0.5) is 0 Å². The molecule has 2 aromatic rings. The number of esters is 2. The minimum absolute atomic E-state index is 0.163. The van der Waals surface area contributed by atoms with Gasteiger partial charge >= 0.3 is 11.9 Å². The largest absolute Gasteiger partial charge is 0.466 e. The summed E-state index contributed by atoms with van der Waals surface area (Å²) >= 11 is 0. The molecule has 0 aromatic heterocycles. The summed E-state index contributed by atoms with van der Waals surface area (Å²) in [7, 11) is 0. The van der Waals surface area contributed by atoms with Crippen LogP contribution in [0.2, 0.25) is 0 Å². The van der Waals surface area contributed by atoms with Gasteiger partial charge < -0.3 is 9.47 Å². The van der Waals surface area contributed by atoms with E-state index in [-0.39, 0.29) is 11.9 Å². The number of ether oxygens (including phenoxy) is 2. The van der Waals surface area contributed by atoms with Crippen molar-refractivity contribution in [3.63, 3.8) is 0 Å². The zero-order valence-corrected chi connectivity index (χ0v) is 18.1. The van der Waals surface area contributed by atoms with Crippen LogP contribution in [-0.4, -0.2) is 25.2 Å². The van der Waals surface area contributed by atoms with Crippen molar-refractivity contribution in [3.8, 4) is 0 Å². The van der Waals surface area contributed by atoms with E-state index >= 15 is 0 Å². The van der Waals surface area contributed by atoms with Gasteiger partial charge in [0.2, 0.25) is 0 Å². The highest BCUT2D eigenvalue weighted by Crippen LogP contribution is 2.32. The van der Waals surface area contributed by atoms with Gasteiger partial charge in [0.1, 0.15) is 0 Å². The van der Waals surface area contributed by atoms with E-state index in [1.807, 2.05) is 50.2 Å². The van der Waals surface area contributed by atoms with Gasteiger partial charge in [0.25, 0.3) is 0 Å². The Morgan fingerprint density at radius 2 is 1.03 bits per heavy atom. The molecule has 0 spiro atoms. The van der Waals surface area contributed by atoms with E-state index in [2.05, 4.69) is 24.3 Å². The Hall–Kier alpha value is -2.88. The van der Waals surface area contributed by atoms with Crippen molar-refractivity contribution in [1.82, 2.24) is 0 Å². The van der Waals surface area contributed by atoms with Gasteiger partial charge in [0.05, 0.1) is 13.2 Å². The van der Waals surface area contributed by atoms with Gasteiger partial charge in [0, 0.05) is 12.8 Å². The molecule has 0 saturated heterocycles. The van der Waals surface area contributed by atoms with E-state index in [0.29, 0.717) is 26.1 Å². The minimum atomic E-state index is -0.163. The average molecular weight is 409 g/mol. The highest BCUT2D eigenvalue weighted by atomic mass is 16.5. The number of allylic oxidation sites excluding steroid dienone is 1. The minimum Gasteiger partial charge on any atom is -0.466 e. The molecule has 0 aliphatic carbocycles. The Bertz CT molecular complexity index is 742. The van der Waals surface area contributed by atoms with E-state index in [1.54, 1.807) is 0 Å². The Morgan fingerprint density at radius 1 is 0.633 bits per heavy atom. The summed E-state index contributed by atoms with van der Waals surface area (Å²) in [5.74, 6) is -0.325. The second-order valence-corrected chi connectivity index (χ2v) is 7.03. The Kier molecular flexibility index (Phi) is 10.4. The zero-order valence-electron chi connectivity index (χ0n) is 18.1. The van der Waals surface area contributed by atoms with E-state index in [4.69, 9.17) is 9.47 Å². The molecule has 0 aliphatic heterocycles. The van der Waals surface area contributed by atoms with E-state index in [0.717, 1.165) is 36.8 Å². The number of carbonyl (C=O) groups excluding carboxylic acids is 2. The standard InChI is InChI=1S/C26H32O4/c1-3-29-24(27)19-11-17-23(18-12-20-25(28)30-4-2)26(21-13-7-5-8-14-21)22-15-9-6-10-16-22/h5-10,13-16H,3-4,11-12,17-20H2,1-2H3. The lowest BCUT2D eigenvalue weighted by Gasteiger charge is -2.17. The van der Waals surface area contributed by atoms with Gasteiger partial charge in [-0.05, 0) is 56.2 Å². The molecule has 4 heteroatoms. The van der Waals surface area contributed by atoms with Crippen molar-refractivity contribution in [2.24, 2.45) is 0 Å². The second-order valence-electron chi connectivity index (χ2n) is 7.03. The average Bonchev–Trinajstić information content (AvgIpc) is 2.75. The molecule has 4 nitrogen and oxygen atoms in total. The van der Waals surface area contributed by atoms with Crippen molar-refractivity contribution in [1.29, 1.82) is 0 Å². The SMILES string of the molecule is CCOC(=O)CCCC(CCCC(=O)OCC)=C(c1ccccc1)c1ccccc1. The first-order valence-corrected chi connectivity index (χ1v) is 10.8. The number of hydrogen-bond acceptors (Lipinski definition) is 4. The fourth-order valence-electron chi connectivity index (χ4n) is 3.52. The molecule has 0 heterocycles. The molecule has 2 aromatic carbocycles. The van der Waals surface area contributed by atoms with Crippen LogP contribution in [0.15, 0.2) is 66.2 Å². The molecule has 30 heavy (non-hydrogen) atoms. The lowest BCUT2D eigenvalue weighted by molar-refractivity contribution is -0.144. The quantitative estimate of drug-likeness (QED) is 0.407. The number of carbonyl (C=O) groups is 2. The maximum absolute atomic E-state index is 11.8. The monoisotopic (exact) mass is 408 g/mol. The molecular formula is C26H32O4. The molecule has 160 valence electrons. The molecule has 0 amide bonds. The highest BCUT2D eigenvalue weighted by Gasteiger charge is 2.14. The fraction of sp³-hybridized carbons (Fsp3) is 0.385. The molecular weight excluding hydrogens is 376 g/mol. The van der Waals surface area contributed by atoms with Crippen LogP contribution in [0.5, 0.6) is 0 Å². The summed E-state index contributed by atoms with van der Waals surface area (Å²) in [5, 5.41) is 0. The lowest BCUT2D eigenvalue weighted by Crippen LogP contribution is -2.05. The molecule has 0 fully saturated rings. The Balaban J connectivity index is 2.30. The molecule has 0 atom stereocenters. The number of rotatable bonds is 12. The molecule has 0 saturated carbocycles. The van der Waals surface area contributed by atoms with Gasteiger partial charge in [-0.1, -0.05) is 66.2 Å². The third-order valence-electron chi connectivity index (χ3n) is 4.81. The normalized spacial score (nSPS) is 10.3. The molecule has 0 unspecified atom stereocenters. The second kappa shape index (κ2) is 13.4. The maximum atomic E-state index is 11.8. The summed E-state index contributed by atoms with van der Waals surface area (Å²) in [4.78, 5) is 23.6. The molecule has 2 rings (SSSR count). The first-order chi connectivity index (χ1) is 14.7. The smallest absolute Gasteiger partial charge is 0.305 e. The van der Waals surface area contributed by atoms with Crippen LogP contribution >= 0.6 is 0 Å². The van der Waals surface area contributed by atoms with Crippen LogP contribution in [0.1, 0.15) is 63.5 Å². The van der Waals surface area contributed by atoms with Gasteiger partial charge in [-0.15, -0.1) is 0 Å². The van der Waals surface area contributed by atoms with Crippen molar-refractivity contribution in [2.75, 3.05) is 13.2 Å². The first-order valence-electron chi connectivity index (χ1n) is 10.8. The van der Waals surface area contributed by atoms with Crippen molar-refractivity contribution in [3.05, 3.63) is 77.4 Å². The zero-order chi connectivity index (χ0) is 21.6. The molecule has 0 N–H and O–H groups in total.